The van der Waals surface area contributed by atoms with Gasteiger partial charge in [-0.25, -0.2) is 0 Å². The van der Waals surface area contributed by atoms with Crippen LogP contribution in [0.25, 0.3) is 0 Å². The van der Waals surface area contributed by atoms with Gasteiger partial charge in [-0.3, -0.25) is 19.2 Å². The summed E-state index contributed by atoms with van der Waals surface area (Å²) in [5, 5.41) is 13.0. The molecule has 9 nitrogen and oxygen atoms in total. The van der Waals surface area contributed by atoms with Crippen molar-refractivity contribution in [2.75, 3.05) is 41.3 Å². The van der Waals surface area contributed by atoms with Crippen LogP contribution in [-0.4, -0.2) is 91.7 Å². The molecule has 0 spiro atoms. The number of benzene rings is 4. The molecular formula is C54H76Cl2N4O5. The first-order valence-corrected chi connectivity index (χ1v) is 23.8. The maximum Gasteiger partial charge on any atom is 0.303 e. The maximum atomic E-state index is 12.8. The fourth-order valence-electron chi connectivity index (χ4n) is 7.66. The lowest BCUT2D eigenvalue weighted by atomic mass is 9.87. The number of nitrogens with one attached hydrogen (secondary N) is 1. The lowest BCUT2D eigenvalue weighted by molar-refractivity contribution is -0.137. The Labute approximate surface area is 400 Å². The van der Waals surface area contributed by atoms with Gasteiger partial charge in [-0.15, -0.1) is 0 Å². The summed E-state index contributed by atoms with van der Waals surface area (Å²) in [6.07, 6.45) is 5.11. The number of carbonyl (C=O) groups excluding carboxylic acids is 3. The lowest BCUT2D eigenvalue weighted by Gasteiger charge is -2.26. The largest absolute Gasteiger partial charge is 0.481 e. The molecule has 0 aliphatic rings. The number of hydrogen-bond donors (Lipinski definition) is 3. The Morgan fingerprint density at radius 1 is 0.615 bits per heavy atom. The Hall–Kier alpha value is -4.38. The van der Waals surface area contributed by atoms with Gasteiger partial charge in [0.1, 0.15) is 0 Å². The van der Waals surface area contributed by atoms with Crippen molar-refractivity contribution in [3.8, 4) is 0 Å². The predicted molar refractivity (Wildman–Crippen MR) is 271 cm³/mol. The Bertz CT molecular complexity index is 2040. The van der Waals surface area contributed by atoms with E-state index in [1.54, 1.807) is 0 Å². The van der Waals surface area contributed by atoms with Gasteiger partial charge in [0.25, 0.3) is 0 Å². The molecule has 0 fully saturated rings. The predicted octanol–water partition coefficient (Wildman–Crippen LogP) is 11.4. The van der Waals surface area contributed by atoms with Crippen molar-refractivity contribution in [3.05, 3.63) is 140 Å². The minimum atomic E-state index is -0.718. The number of rotatable bonds is 23. The van der Waals surface area contributed by atoms with Gasteiger partial charge >= 0.3 is 5.97 Å². The number of aliphatic carboxylic acids is 1. The minimum Gasteiger partial charge on any atom is -0.481 e. The molecule has 0 heterocycles. The van der Waals surface area contributed by atoms with Crippen LogP contribution in [0.5, 0.6) is 0 Å². The molecule has 4 N–H and O–H groups in total. The Morgan fingerprint density at radius 2 is 1.02 bits per heavy atom. The fraction of sp³-hybridized carbons (Fsp3) is 0.481. The molecule has 4 aromatic rings. The van der Waals surface area contributed by atoms with Crippen LogP contribution in [0.4, 0.5) is 0 Å². The molecular weight excluding hydrogens is 856 g/mol. The summed E-state index contributed by atoms with van der Waals surface area (Å²) in [6.45, 7) is 13.5. The minimum absolute atomic E-state index is 0.0485. The van der Waals surface area contributed by atoms with Gasteiger partial charge in [-0.2, -0.15) is 0 Å². The molecule has 0 saturated heterocycles. The normalized spacial score (nSPS) is 13.0. The van der Waals surface area contributed by atoms with Crippen LogP contribution >= 0.6 is 23.2 Å². The number of amides is 1. The first-order valence-electron chi connectivity index (χ1n) is 23.0. The van der Waals surface area contributed by atoms with Crippen molar-refractivity contribution in [2.45, 2.75) is 117 Å². The SMILES string of the molecule is CC(C)C[C@H](CC(=O)O)c1ccccc1.CCC(=O)c1ccc(C[C@@H](CN)N(C)C)cc1Cl.CCC(=O)c1ccc(C[C@@H](CNC(=O)C[C@@H](CC(C)C)c2ccccc2)N(C)C)cc1Cl. The van der Waals surface area contributed by atoms with Crippen LogP contribution in [0.3, 0.4) is 0 Å². The highest BCUT2D eigenvalue weighted by atomic mass is 35.5. The van der Waals surface area contributed by atoms with Gasteiger partial charge in [0, 0.05) is 55.6 Å². The third kappa shape index (κ3) is 21.2. The van der Waals surface area contributed by atoms with E-state index >= 15 is 0 Å². The second-order valence-electron chi connectivity index (χ2n) is 18.1. The third-order valence-electron chi connectivity index (χ3n) is 11.4. The fourth-order valence-corrected chi connectivity index (χ4v) is 8.28. The molecule has 0 unspecified atom stereocenters. The smallest absolute Gasteiger partial charge is 0.303 e. The zero-order chi connectivity index (χ0) is 48.6. The van der Waals surface area contributed by atoms with Crippen LogP contribution in [-0.2, 0) is 22.4 Å². The Morgan fingerprint density at radius 3 is 1.35 bits per heavy atom. The first-order chi connectivity index (χ1) is 30.8. The number of halogens is 2. The molecule has 0 saturated carbocycles. The van der Waals surface area contributed by atoms with Crippen molar-refractivity contribution < 1.29 is 24.3 Å². The summed E-state index contributed by atoms with van der Waals surface area (Å²) in [5.41, 5.74) is 11.4. The van der Waals surface area contributed by atoms with Crippen LogP contribution < -0.4 is 11.1 Å². The molecule has 4 aromatic carbocycles. The molecule has 0 aliphatic carbocycles. The molecule has 0 radical (unpaired) electrons. The topological polar surface area (TPSA) is 133 Å². The van der Waals surface area contributed by atoms with E-state index in [1.165, 1.54) is 5.56 Å². The van der Waals surface area contributed by atoms with Gasteiger partial charge in [-0.05, 0) is 124 Å². The maximum absolute atomic E-state index is 12.8. The summed E-state index contributed by atoms with van der Waals surface area (Å²) in [5.74, 6) is 0.893. The second-order valence-corrected chi connectivity index (χ2v) is 19.0. The summed E-state index contributed by atoms with van der Waals surface area (Å²) >= 11 is 12.5. The second kappa shape index (κ2) is 30.0. The molecule has 0 aliphatic heterocycles. The average Bonchev–Trinajstić information content (AvgIpc) is 3.26. The van der Waals surface area contributed by atoms with E-state index < -0.39 is 5.97 Å². The van der Waals surface area contributed by atoms with Gasteiger partial charge < -0.3 is 26.0 Å². The Balaban J connectivity index is 0.000000370. The molecule has 4 atom stereocenters. The summed E-state index contributed by atoms with van der Waals surface area (Å²) < 4.78 is 0. The Kier molecular flexibility index (Phi) is 26.2. The first kappa shape index (κ1) is 56.7. The molecule has 1 amide bonds. The molecule has 356 valence electrons. The van der Waals surface area contributed by atoms with Crippen LogP contribution in [0.15, 0.2) is 97.1 Å². The van der Waals surface area contributed by atoms with E-state index in [0.29, 0.717) is 65.4 Å². The van der Waals surface area contributed by atoms with Crippen molar-refractivity contribution in [2.24, 2.45) is 17.6 Å². The van der Waals surface area contributed by atoms with E-state index in [0.717, 1.165) is 42.4 Å². The van der Waals surface area contributed by atoms with Crippen molar-refractivity contribution in [3.63, 3.8) is 0 Å². The number of nitrogens with zero attached hydrogens (tertiary/aromatic N) is 2. The molecule has 0 aromatic heterocycles. The van der Waals surface area contributed by atoms with Gasteiger partial charge in [0.2, 0.25) is 5.91 Å². The summed E-state index contributed by atoms with van der Waals surface area (Å²) in [4.78, 5) is 51.4. The van der Waals surface area contributed by atoms with Crippen molar-refractivity contribution >= 4 is 46.6 Å². The zero-order valence-corrected chi connectivity index (χ0v) is 42.1. The van der Waals surface area contributed by atoms with E-state index in [2.05, 4.69) is 54.9 Å². The van der Waals surface area contributed by atoms with Gasteiger partial charge in [0.15, 0.2) is 11.6 Å². The standard InChI is InChI=1S/C27H37ClN2O2.C14H21ClN2O.C13H18O2/c1-6-26(31)24-13-12-20(16-25(24)28)15-23(30(4)5)18-29-27(32)17-22(14-19(2)3)21-10-8-7-9-11-21;1-4-14(18)12-6-5-10(8-13(12)15)7-11(9-16)17(2)3;1-10(2)8-12(9-13(14)15)11-6-4-3-5-7-11/h7-13,16,19,22-23H,6,14-15,17-18H2,1-5H3,(H,29,32);5-6,8,11H,4,7,9,16H2,1-3H3;3-7,10,12H,8-9H2,1-2H3,(H,14,15)/t22-,23+;11-;12-/m101/s1. The number of hydrogen-bond acceptors (Lipinski definition) is 7. The highest BCUT2D eigenvalue weighted by Crippen LogP contribution is 2.28. The summed E-state index contributed by atoms with van der Waals surface area (Å²) in [7, 11) is 8.04. The number of Topliss-reactive ketones (excluding diaryl/α,β-unsaturated/α-hetero) is 2. The number of carboxylic acids is 1. The highest BCUT2D eigenvalue weighted by Gasteiger charge is 2.21. The number of likely N-dealkylation sites (N-methyl/N-ethyl adjacent to an activating group) is 2. The molecule has 4 rings (SSSR count). The third-order valence-corrected chi connectivity index (χ3v) is 12.1. The van der Waals surface area contributed by atoms with E-state index in [4.69, 9.17) is 34.0 Å². The number of carbonyl (C=O) groups is 4. The van der Waals surface area contributed by atoms with E-state index in [1.807, 2.05) is 127 Å². The lowest BCUT2D eigenvalue weighted by Crippen LogP contribution is -2.42. The molecule has 65 heavy (non-hydrogen) atoms. The quantitative estimate of drug-likeness (QED) is 0.0626. The molecule has 0 bridgehead atoms. The van der Waals surface area contributed by atoms with E-state index in [9.17, 15) is 19.2 Å². The number of nitrogens with two attached hydrogens (primary N) is 1. The number of carboxylic acid groups (broad SMARTS) is 1. The van der Waals surface area contributed by atoms with Gasteiger partial charge in [-0.1, -0.05) is 138 Å². The van der Waals surface area contributed by atoms with Crippen molar-refractivity contribution in [1.82, 2.24) is 15.1 Å². The summed E-state index contributed by atoms with van der Waals surface area (Å²) in [6, 6.07) is 31.9. The average molecular weight is 932 g/mol. The van der Waals surface area contributed by atoms with Gasteiger partial charge in [0.05, 0.1) is 16.5 Å². The van der Waals surface area contributed by atoms with Crippen LogP contribution in [0, 0.1) is 11.8 Å². The van der Waals surface area contributed by atoms with Crippen LogP contribution in [0.2, 0.25) is 10.0 Å². The van der Waals surface area contributed by atoms with E-state index in [-0.39, 0.29) is 47.8 Å². The number of ketones is 2. The monoisotopic (exact) mass is 931 g/mol. The van der Waals surface area contributed by atoms with Crippen LogP contribution in [0.1, 0.15) is 135 Å². The highest BCUT2D eigenvalue weighted by molar-refractivity contribution is 6.34. The van der Waals surface area contributed by atoms with Crippen molar-refractivity contribution in [1.29, 1.82) is 0 Å². The zero-order valence-electron chi connectivity index (χ0n) is 40.6. The molecule has 11 heteroatoms.